The van der Waals surface area contributed by atoms with Gasteiger partial charge < -0.3 is 9.47 Å². The molecule has 4 heteroatoms. The van der Waals surface area contributed by atoms with Crippen LogP contribution in [0.5, 0.6) is 0 Å². The van der Waals surface area contributed by atoms with Crippen molar-refractivity contribution in [3.05, 3.63) is 35.4 Å². The van der Waals surface area contributed by atoms with E-state index in [0.29, 0.717) is 13.2 Å². The molecule has 0 saturated carbocycles. The van der Waals surface area contributed by atoms with Crippen LogP contribution >= 0.6 is 0 Å². The molecule has 0 atom stereocenters. The molecule has 0 aliphatic rings. The summed E-state index contributed by atoms with van der Waals surface area (Å²) in [6.45, 7) is 4.54. The molecule has 4 nitrogen and oxygen atoms in total. The van der Waals surface area contributed by atoms with E-state index in [-0.39, 0.29) is 11.1 Å². The Labute approximate surface area is 107 Å². The van der Waals surface area contributed by atoms with Crippen LogP contribution in [0.4, 0.5) is 0 Å². The second-order valence-electron chi connectivity index (χ2n) is 3.75. The number of hydrogen-bond donors (Lipinski definition) is 0. The van der Waals surface area contributed by atoms with Crippen molar-refractivity contribution in [3.63, 3.8) is 0 Å². The zero-order valence-electron chi connectivity index (χ0n) is 10.7. The van der Waals surface area contributed by atoms with E-state index in [1.807, 2.05) is 13.8 Å². The second-order valence-corrected chi connectivity index (χ2v) is 3.75. The van der Waals surface area contributed by atoms with E-state index < -0.39 is 11.9 Å². The van der Waals surface area contributed by atoms with Gasteiger partial charge in [0.15, 0.2) is 0 Å². The third-order valence-electron chi connectivity index (χ3n) is 2.11. The van der Waals surface area contributed by atoms with Gasteiger partial charge in [0.2, 0.25) is 0 Å². The molecule has 18 heavy (non-hydrogen) atoms. The van der Waals surface area contributed by atoms with Gasteiger partial charge in [-0.15, -0.1) is 0 Å². The monoisotopic (exact) mass is 249 g/mol. The maximum atomic E-state index is 11.6. The van der Waals surface area contributed by atoms with Crippen LogP contribution in [0.25, 0.3) is 0 Å². The molecule has 97 valence electrons. The van der Waals surface area contributed by atoms with Crippen LogP contribution in [0.1, 0.15) is 47.4 Å². The van der Waals surface area contributed by atoms with Gasteiger partial charge in [-0.2, -0.15) is 0 Å². The lowest BCUT2D eigenvalue weighted by molar-refractivity contribution is 0.0502. The Balaban J connectivity index is 2.72. The molecule has 0 saturated heterocycles. The number of rotatable bonds is 6. The standard InChI is InChI=1S/C14H17O4/c1-3-8-17-13(15)11-6-5-7-12(10-11)14(16)18-9-4-2/h5-7H,3-4,8-9H2,1-2H3. The van der Waals surface area contributed by atoms with Gasteiger partial charge in [-0.25, -0.2) is 9.59 Å². The summed E-state index contributed by atoms with van der Waals surface area (Å²) in [6, 6.07) is 7.45. The van der Waals surface area contributed by atoms with Crippen LogP contribution in [0, 0.1) is 6.07 Å². The van der Waals surface area contributed by atoms with E-state index in [2.05, 4.69) is 6.07 Å². The predicted molar refractivity (Wildman–Crippen MR) is 66.4 cm³/mol. The van der Waals surface area contributed by atoms with Crippen LogP contribution in [0.2, 0.25) is 0 Å². The zero-order chi connectivity index (χ0) is 13.4. The van der Waals surface area contributed by atoms with Gasteiger partial charge in [0.25, 0.3) is 0 Å². The molecule has 1 aromatic carbocycles. The van der Waals surface area contributed by atoms with E-state index in [1.54, 1.807) is 18.2 Å². The molecule has 0 spiro atoms. The molecule has 0 N–H and O–H groups in total. The van der Waals surface area contributed by atoms with Gasteiger partial charge in [-0.05, 0) is 25.0 Å². The molecule has 1 aromatic rings. The SMILES string of the molecule is CCCOC(=O)c1[c]c(C(=O)OCCC)ccc1. The largest absolute Gasteiger partial charge is 0.462 e. The summed E-state index contributed by atoms with van der Waals surface area (Å²) >= 11 is 0. The number of carbonyl (C=O) groups excluding carboxylic acids is 2. The molecular weight excluding hydrogens is 232 g/mol. The number of carbonyl (C=O) groups is 2. The molecule has 1 radical (unpaired) electrons. The molecule has 0 aliphatic heterocycles. The van der Waals surface area contributed by atoms with Crippen LogP contribution in [-0.4, -0.2) is 25.2 Å². The van der Waals surface area contributed by atoms with E-state index in [9.17, 15) is 9.59 Å². The maximum absolute atomic E-state index is 11.6. The van der Waals surface area contributed by atoms with Crippen molar-refractivity contribution in [2.45, 2.75) is 26.7 Å². The molecule has 1 rings (SSSR count). The first-order valence-corrected chi connectivity index (χ1v) is 6.05. The molecule has 0 fully saturated rings. The Morgan fingerprint density at radius 1 is 1.00 bits per heavy atom. The highest BCUT2D eigenvalue weighted by atomic mass is 16.5. The van der Waals surface area contributed by atoms with Crippen LogP contribution in [0.15, 0.2) is 18.2 Å². The van der Waals surface area contributed by atoms with Gasteiger partial charge >= 0.3 is 11.9 Å². The minimum Gasteiger partial charge on any atom is -0.462 e. The highest BCUT2D eigenvalue weighted by Crippen LogP contribution is 2.08. The summed E-state index contributed by atoms with van der Waals surface area (Å²) in [5, 5.41) is 0. The zero-order valence-corrected chi connectivity index (χ0v) is 10.7. The van der Waals surface area contributed by atoms with Crippen LogP contribution in [-0.2, 0) is 9.47 Å². The van der Waals surface area contributed by atoms with Crippen LogP contribution in [0.3, 0.4) is 0 Å². The molecule has 0 bridgehead atoms. The second kappa shape index (κ2) is 7.48. The fourth-order valence-corrected chi connectivity index (χ4v) is 1.25. The summed E-state index contributed by atoms with van der Waals surface area (Å²) in [4.78, 5) is 23.2. The quantitative estimate of drug-likeness (QED) is 0.727. The van der Waals surface area contributed by atoms with E-state index in [1.165, 1.54) is 0 Å². The molecular formula is C14H17O4. The lowest BCUT2D eigenvalue weighted by Gasteiger charge is -2.05. The minimum atomic E-state index is -0.470. The van der Waals surface area contributed by atoms with E-state index in [4.69, 9.17) is 9.47 Å². The summed E-state index contributed by atoms with van der Waals surface area (Å²) in [6.07, 6.45) is 1.51. The lowest BCUT2D eigenvalue weighted by Crippen LogP contribution is -2.10. The first-order chi connectivity index (χ1) is 8.69. The van der Waals surface area contributed by atoms with Crippen molar-refractivity contribution in [2.75, 3.05) is 13.2 Å². The first kappa shape index (κ1) is 14.2. The van der Waals surface area contributed by atoms with Gasteiger partial charge in [0.1, 0.15) is 0 Å². The van der Waals surface area contributed by atoms with E-state index in [0.717, 1.165) is 12.8 Å². The van der Waals surface area contributed by atoms with Crippen molar-refractivity contribution in [1.29, 1.82) is 0 Å². The van der Waals surface area contributed by atoms with Crippen LogP contribution < -0.4 is 0 Å². The maximum Gasteiger partial charge on any atom is 0.338 e. The van der Waals surface area contributed by atoms with Crippen molar-refractivity contribution in [1.82, 2.24) is 0 Å². The topological polar surface area (TPSA) is 52.6 Å². The average molecular weight is 249 g/mol. The fraction of sp³-hybridized carbons (Fsp3) is 0.429. The number of hydrogen-bond acceptors (Lipinski definition) is 4. The molecule has 0 unspecified atom stereocenters. The Bertz CT molecular complexity index is 377. The van der Waals surface area contributed by atoms with Crippen molar-refractivity contribution >= 4 is 11.9 Å². The highest BCUT2D eigenvalue weighted by molar-refractivity contribution is 5.94. The summed E-state index contributed by atoms with van der Waals surface area (Å²) in [5.41, 5.74) is 0.490. The number of ether oxygens (including phenoxy) is 2. The molecule has 0 aromatic heterocycles. The molecule has 0 heterocycles. The average Bonchev–Trinajstić information content (AvgIpc) is 2.42. The first-order valence-electron chi connectivity index (χ1n) is 6.05. The predicted octanol–water partition coefficient (Wildman–Crippen LogP) is 2.62. The van der Waals surface area contributed by atoms with Gasteiger partial charge in [0.05, 0.1) is 24.3 Å². The normalized spacial score (nSPS) is 9.89. The third-order valence-corrected chi connectivity index (χ3v) is 2.11. The molecule has 0 aliphatic carbocycles. The Kier molecular flexibility index (Phi) is 5.91. The summed E-state index contributed by atoms with van der Waals surface area (Å²) < 4.78 is 9.94. The summed E-state index contributed by atoms with van der Waals surface area (Å²) in [7, 11) is 0. The van der Waals surface area contributed by atoms with Crippen molar-refractivity contribution in [2.24, 2.45) is 0 Å². The van der Waals surface area contributed by atoms with Gasteiger partial charge in [-0.1, -0.05) is 19.9 Å². The van der Waals surface area contributed by atoms with Crippen molar-refractivity contribution < 1.29 is 19.1 Å². The Hall–Kier alpha value is -1.84. The molecule has 0 amide bonds. The Morgan fingerprint density at radius 3 is 1.83 bits per heavy atom. The highest BCUT2D eigenvalue weighted by Gasteiger charge is 2.12. The number of esters is 2. The third kappa shape index (κ3) is 4.20. The minimum absolute atomic E-state index is 0.245. The fourth-order valence-electron chi connectivity index (χ4n) is 1.25. The van der Waals surface area contributed by atoms with Gasteiger partial charge in [-0.3, -0.25) is 0 Å². The Morgan fingerprint density at radius 2 is 1.44 bits per heavy atom. The lowest BCUT2D eigenvalue weighted by atomic mass is 10.1. The van der Waals surface area contributed by atoms with Gasteiger partial charge in [0, 0.05) is 6.07 Å². The number of benzene rings is 1. The van der Waals surface area contributed by atoms with E-state index >= 15 is 0 Å². The van der Waals surface area contributed by atoms with Crippen molar-refractivity contribution in [3.8, 4) is 0 Å². The summed E-state index contributed by atoms with van der Waals surface area (Å²) in [5.74, 6) is -0.941. The smallest absolute Gasteiger partial charge is 0.338 e.